The van der Waals surface area contributed by atoms with Crippen molar-refractivity contribution >= 4 is 20.9 Å². The van der Waals surface area contributed by atoms with Gasteiger partial charge in [0, 0.05) is 30.2 Å². The van der Waals surface area contributed by atoms with Gasteiger partial charge < -0.3 is 14.1 Å². The summed E-state index contributed by atoms with van der Waals surface area (Å²) in [5.74, 6) is 1.03. The lowest BCUT2D eigenvalue weighted by Gasteiger charge is -2.31. The van der Waals surface area contributed by atoms with Crippen molar-refractivity contribution in [3.05, 3.63) is 84.4 Å². The summed E-state index contributed by atoms with van der Waals surface area (Å²) in [7, 11) is -3.33. The van der Waals surface area contributed by atoms with Crippen LogP contribution in [0.25, 0.3) is 22.0 Å². The molecule has 2 aromatic carbocycles. The second kappa shape index (κ2) is 9.55. The maximum Gasteiger partial charge on any atom is 0.216 e. The Hall–Kier alpha value is -2.87. The zero-order chi connectivity index (χ0) is 22.7. The van der Waals surface area contributed by atoms with Crippen LogP contribution >= 0.6 is 0 Å². The molecule has 0 amide bonds. The Bertz CT molecular complexity index is 1290. The number of hydrogen-bond donors (Lipinski definition) is 1. The van der Waals surface area contributed by atoms with E-state index in [9.17, 15) is 8.42 Å². The number of nitrogens with one attached hydrogen (secondary N) is 1. The molecule has 33 heavy (non-hydrogen) atoms. The van der Waals surface area contributed by atoms with E-state index in [4.69, 9.17) is 9.15 Å². The first-order valence-electron chi connectivity index (χ1n) is 11.3. The van der Waals surface area contributed by atoms with Gasteiger partial charge in [0.05, 0.1) is 18.6 Å². The van der Waals surface area contributed by atoms with E-state index in [1.54, 1.807) is 16.6 Å². The second-order valence-electron chi connectivity index (χ2n) is 8.49. The van der Waals surface area contributed by atoms with Crippen molar-refractivity contribution in [2.45, 2.75) is 25.4 Å². The number of ether oxygens (including phenoxy) is 1. The van der Waals surface area contributed by atoms with Crippen molar-refractivity contribution in [3.8, 4) is 11.1 Å². The van der Waals surface area contributed by atoms with Gasteiger partial charge in [-0.3, -0.25) is 0 Å². The first-order chi connectivity index (χ1) is 16.1. The SMILES string of the molecule is O=S(=O)(CCOCc1ccco1)N1CCC(c2c[nH]c3ccc(-c4ccccc4)cc23)CC1. The van der Waals surface area contributed by atoms with E-state index in [2.05, 4.69) is 53.6 Å². The van der Waals surface area contributed by atoms with Crippen molar-refractivity contribution < 1.29 is 17.6 Å². The molecule has 172 valence electrons. The number of H-pyrrole nitrogens is 1. The van der Waals surface area contributed by atoms with E-state index >= 15 is 0 Å². The number of piperidine rings is 1. The zero-order valence-corrected chi connectivity index (χ0v) is 19.3. The molecular formula is C26H28N2O4S. The van der Waals surface area contributed by atoms with Gasteiger partial charge in [0.1, 0.15) is 12.4 Å². The molecule has 1 aliphatic heterocycles. The fourth-order valence-electron chi connectivity index (χ4n) is 4.60. The predicted molar refractivity (Wildman–Crippen MR) is 129 cm³/mol. The minimum absolute atomic E-state index is 0.00804. The molecule has 0 spiro atoms. The fraction of sp³-hybridized carbons (Fsp3) is 0.308. The Morgan fingerprint density at radius 3 is 2.58 bits per heavy atom. The molecule has 0 atom stereocenters. The Balaban J connectivity index is 1.21. The molecule has 1 fully saturated rings. The van der Waals surface area contributed by atoms with E-state index in [-0.39, 0.29) is 19.0 Å². The molecule has 6 nitrogen and oxygen atoms in total. The van der Waals surface area contributed by atoms with Crippen molar-refractivity contribution in [2.75, 3.05) is 25.4 Å². The minimum Gasteiger partial charge on any atom is -0.467 e. The molecule has 4 aromatic rings. The number of hydrogen-bond acceptors (Lipinski definition) is 4. The predicted octanol–water partition coefficient (Wildman–Crippen LogP) is 5.15. The molecule has 3 heterocycles. The number of benzene rings is 2. The highest BCUT2D eigenvalue weighted by Gasteiger charge is 2.29. The zero-order valence-electron chi connectivity index (χ0n) is 18.4. The summed E-state index contributed by atoms with van der Waals surface area (Å²) in [6, 6.07) is 20.5. The lowest BCUT2D eigenvalue weighted by molar-refractivity contribution is 0.118. The highest BCUT2D eigenvalue weighted by Crippen LogP contribution is 2.35. The summed E-state index contributed by atoms with van der Waals surface area (Å²) in [5, 5.41) is 1.23. The van der Waals surface area contributed by atoms with E-state index in [0.717, 1.165) is 18.4 Å². The molecule has 1 saturated heterocycles. The first kappa shape index (κ1) is 21.9. The Kier molecular flexibility index (Phi) is 6.35. The smallest absolute Gasteiger partial charge is 0.216 e. The van der Waals surface area contributed by atoms with Gasteiger partial charge in [-0.1, -0.05) is 36.4 Å². The third kappa shape index (κ3) is 4.90. The van der Waals surface area contributed by atoms with Gasteiger partial charge in [-0.2, -0.15) is 0 Å². The number of aromatic nitrogens is 1. The largest absolute Gasteiger partial charge is 0.467 e. The van der Waals surface area contributed by atoms with Crippen LogP contribution in [0, 0.1) is 0 Å². The molecule has 0 radical (unpaired) electrons. The van der Waals surface area contributed by atoms with Crippen LogP contribution in [-0.4, -0.2) is 43.2 Å². The van der Waals surface area contributed by atoms with Crippen molar-refractivity contribution in [1.82, 2.24) is 9.29 Å². The molecule has 1 aliphatic rings. The van der Waals surface area contributed by atoms with Crippen molar-refractivity contribution in [1.29, 1.82) is 0 Å². The molecule has 2 aromatic heterocycles. The van der Waals surface area contributed by atoms with Crippen LogP contribution in [0.4, 0.5) is 0 Å². The highest BCUT2D eigenvalue weighted by molar-refractivity contribution is 7.89. The average Bonchev–Trinajstić information content (AvgIpc) is 3.52. The van der Waals surface area contributed by atoms with Crippen LogP contribution in [0.3, 0.4) is 0 Å². The van der Waals surface area contributed by atoms with Crippen LogP contribution in [0.1, 0.15) is 30.1 Å². The maximum absolute atomic E-state index is 12.8. The summed E-state index contributed by atoms with van der Waals surface area (Å²) >= 11 is 0. The van der Waals surface area contributed by atoms with E-state index < -0.39 is 10.0 Å². The van der Waals surface area contributed by atoms with Crippen molar-refractivity contribution in [2.24, 2.45) is 0 Å². The number of furan rings is 1. The molecular weight excluding hydrogens is 436 g/mol. The van der Waals surface area contributed by atoms with E-state index in [1.165, 1.54) is 22.1 Å². The summed E-state index contributed by atoms with van der Waals surface area (Å²) in [6.07, 6.45) is 5.30. The van der Waals surface area contributed by atoms with Gasteiger partial charge >= 0.3 is 0 Å². The van der Waals surface area contributed by atoms with Gasteiger partial charge in [-0.25, -0.2) is 12.7 Å². The third-order valence-electron chi connectivity index (χ3n) is 6.42. The quantitative estimate of drug-likeness (QED) is 0.366. The van der Waals surface area contributed by atoms with E-state index in [0.29, 0.717) is 24.8 Å². The summed E-state index contributed by atoms with van der Waals surface area (Å²) in [6.45, 7) is 1.52. The first-order valence-corrected chi connectivity index (χ1v) is 13.0. The summed E-state index contributed by atoms with van der Waals surface area (Å²) < 4.78 is 37.8. The lowest BCUT2D eigenvalue weighted by atomic mass is 9.89. The third-order valence-corrected chi connectivity index (χ3v) is 8.25. The second-order valence-corrected chi connectivity index (χ2v) is 10.6. The molecule has 0 unspecified atom stereocenters. The highest BCUT2D eigenvalue weighted by atomic mass is 32.2. The van der Waals surface area contributed by atoms with Crippen molar-refractivity contribution in [3.63, 3.8) is 0 Å². The molecule has 7 heteroatoms. The van der Waals surface area contributed by atoms with Crippen LogP contribution in [-0.2, 0) is 21.4 Å². The number of nitrogens with zero attached hydrogens (tertiary/aromatic N) is 1. The minimum atomic E-state index is -3.33. The summed E-state index contributed by atoms with van der Waals surface area (Å²) in [5.41, 5.74) is 4.79. The van der Waals surface area contributed by atoms with Gasteiger partial charge in [-0.15, -0.1) is 0 Å². The molecule has 0 saturated carbocycles. The van der Waals surface area contributed by atoms with Crippen LogP contribution < -0.4 is 0 Å². The Morgan fingerprint density at radius 1 is 1.00 bits per heavy atom. The van der Waals surface area contributed by atoms with Crippen LogP contribution in [0.15, 0.2) is 77.5 Å². The van der Waals surface area contributed by atoms with Gasteiger partial charge in [0.25, 0.3) is 0 Å². The number of sulfonamides is 1. The Labute approximate surface area is 194 Å². The monoisotopic (exact) mass is 464 g/mol. The fourth-order valence-corrected chi connectivity index (χ4v) is 5.95. The lowest BCUT2D eigenvalue weighted by Crippen LogP contribution is -2.40. The summed E-state index contributed by atoms with van der Waals surface area (Å²) in [4.78, 5) is 3.40. The number of fused-ring (bicyclic) bond motifs is 1. The molecule has 1 N–H and O–H groups in total. The van der Waals surface area contributed by atoms with Crippen LogP contribution in [0.2, 0.25) is 0 Å². The van der Waals surface area contributed by atoms with Gasteiger partial charge in [0.2, 0.25) is 10.0 Å². The van der Waals surface area contributed by atoms with E-state index in [1.807, 2.05) is 12.1 Å². The maximum atomic E-state index is 12.8. The number of rotatable bonds is 8. The standard InChI is InChI=1S/C26H28N2O4S/c29-33(30,16-15-31-19-23-7-4-14-32-23)28-12-10-21(11-13-28)25-18-27-26-9-8-22(17-24(25)26)20-5-2-1-3-6-20/h1-9,14,17-18,21,27H,10-13,15-16,19H2. The normalized spacial score (nSPS) is 15.9. The molecule has 5 rings (SSSR count). The van der Waals surface area contributed by atoms with Gasteiger partial charge in [0.15, 0.2) is 0 Å². The number of aromatic amines is 1. The van der Waals surface area contributed by atoms with Gasteiger partial charge in [-0.05, 0) is 59.7 Å². The topological polar surface area (TPSA) is 75.5 Å². The average molecular weight is 465 g/mol. The van der Waals surface area contributed by atoms with Crippen LogP contribution in [0.5, 0.6) is 0 Å². The Morgan fingerprint density at radius 2 is 1.82 bits per heavy atom. The molecule has 0 aliphatic carbocycles. The molecule has 0 bridgehead atoms.